The highest BCUT2D eigenvalue weighted by Crippen LogP contribution is 2.28. The summed E-state index contributed by atoms with van der Waals surface area (Å²) < 4.78 is 53.3. The van der Waals surface area contributed by atoms with Crippen molar-refractivity contribution in [3.63, 3.8) is 0 Å². The predicted molar refractivity (Wildman–Crippen MR) is 138 cm³/mol. The van der Waals surface area contributed by atoms with Crippen LogP contribution in [0, 0.1) is 17.5 Å². The van der Waals surface area contributed by atoms with E-state index in [1.54, 1.807) is 0 Å². The molecule has 1 aliphatic carbocycles. The summed E-state index contributed by atoms with van der Waals surface area (Å²) in [6, 6.07) is 10.4. The molecule has 2 aromatic carbocycles. The van der Waals surface area contributed by atoms with Gasteiger partial charge in [-0.25, -0.2) is 18.0 Å². The molecule has 0 bridgehead atoms. The minimum Gasteiger partial charge on any atom is -0.445 e. The Kier molecular flexibility index (Phi) is 11.7. The maximum absolute atomic E-state index is 14.4. The summed E-state index contributed by atoms with van der Waals surface area (Å²) in [6.07, 6.45) is 6.95. The van der Waals surface area contributed by atoms with E-state index in [2.05, 4.69) is 19.0 Å². The molecule has 1 fully saturated rings. The lowest BCUT2D eigenvalue weighted by Crippen LogP contribution is -2.43. The van der Waals surface area contributed by atoms with Crippen molar-refractivity contribution >= 4 is 6.09 Å². The molecule has 1 saturated carbocycles. The highest BCUT2D eigenvalue weighted by molar-refractivity contribution is 5.68. The second-order valence-electron chi connectivity index (χ2n) is 10.0. The number of benzene rings is 2. The van der Waals surface area contributed by atoms with E-state index in [4.69, 9.17) is 9.47 Å². The largest absolute Gasteiger partial charge is 0.445 e. The third-order valence-electron chi connectivity index (χ3n) is 6.81. The molecule has 5 nitrogen and oxygen atoms in total. The lowest BCUT2D eigenvalue weighted by molar-refractivity contribution is 0.00179. The van der Waals surface area contributed by atoms with Gasteiger partial charge in [0.2, 0.25) is 0 Å². The third-order valence-corrected chi connectivity index (χ3v) is 6.81. The van der Waals surface area contributed by atoms with Crippen LogP contribution in [0.25, 0.3) is 0 Å². The molecule has 0 unspecified atom stereocenters. The number of hydrogen-bond donors (Lipinski definition) is 0. The molecule has 37 heavy (non-hydrogen) atoms. The molecule has 0 N–H and O–H groups in total. The molecule has 0 spiro atoms. The van der Waals surface area contributed by atoms with Gasteiger partial charge in [-0.05, 0) is 70.8 Å². The van der Waals surface area contributed by atoms with Crippen molar-refractivity contribution in [1.29, 1.82) is 0 Å². The zero-order valence-electron chi connectivity index (χ0n) is 21.9. The molecule has 0 heterocycles. The van der Waals surface area contributed by atoms with Gasteiger partial charge in [0.05, 0.1) is 12.6 Å². The molecule has 0 saturated heterocycles. The molecule has 2 aromatic rings. The molecule has 0 atom stereocenters. The number of amides is 1. The maximum Gasteiger partial charge on any atom is 0.410 e. The van der Waals surface area contributed by atoms with E-state index < -0.39 is 23.5 Å². The molecule has 8 heteroatoms. The normalized spacial score (nSPS) is 17.7. The van der Waals surface area contributed by atoms with Crippen molar-refractivity contribution in [1.82, 2.24) is 9.80 Å². The van der Waals surface area contributed by atoms with Crippen LogP contribution in [0.3, 0.4) is 0 Å². The van der Waals surface area contributed by atoms with Crippen LogP contribution in [-0.4, -0.2) is 55.3 Å². The van der Waals surface area contributed by atoms with Crippen molar-refractivity contribution in [2.75, 3.05) is 27.2 Å². The van der Waals surface area contributed by atoms with Crippen molar-refractivity contribution in [3.8, 4) is 0 Å². The minimum atomic E-state index is -1.25. The van der Waals surface area contributed by atoms with E-state index in [0.29, 0.717) is 18.9 Å². The fraction of sp³-hybridized carbons (Fsp3) is 0.552. The Balaban J connectivity index is 1.54. The Hall–Kier alpha value is -2.58. The van der Waals surface area contributed by atoms with Crippen LogP contribution in [-0.2, 0) is 22.6 Å². The van der Waals surface area contributed by atoms with Gasteiger partial charge in [0.15, 0.2) is 11.6 Å². The highest BCUT2D eigenvalue weighted by Gasteiger charge is 2.31. The van der Waals surface area contributed by atoms with Crippen molar-refractivity contribution < 1.29 is 27.4 Å². The average molecular weight is 521 g/mol. The average Bonchev–Trinajstić information content (AvgIpc) is 2.89. The first-order chi connectivity index (χ1) is 17.8. The van der Waals surface area contributed by atoms with E-state index in [1.807, 2.05) is 30.3 Å². The van der Waals surface area contributed by atoms with Gasteiger partial charge in [-0.15, -0.1) is 0 Å². The number of carbonyl (C=O) groups excluding carboxylic acids is 1. The number of rotatable bonds is 13. The monoisotopic (exact) mass is 520 g/mol. The number of unbranched alkanes of at least 4 members (excludes halogenated alkanes) is 3. The number of halogens is 3. The number of hydrogen-bond acceptors (Lipinski definition) is 4. The van der Waals surface area contributed by atoms with Gasteiger partial charge >= 0.3 is 6.09 Å². The van der Waals surface area contributed by atoms with Crippen LogP contribution in [0.5, 0.6) is 0 Å². The summed E-state index contributed by atoms with van der Waals surface area (Å²) in [6.45, 7) is 1.70. The molecule has 3 rings (SSSR count). The highest BCUT2D eigenvalue weighted by atomic mass is 19.2. The van der Waals surface area contributed by atoms with E-state index >= 15 is 0 Å². The Morgan fingerprint density at radius 2 is 1.57 bits per heavy atom. The van der Waals surface area contributed by atoms with Gasteiger partial charge in [0.1, 0.15) is 12.4 Å². The quantitative estimate of drug-likeness (QED) is 0.218. The molecule has 204 valence electrons. The zero-order chi connectivity index (χ0) is 26.6. The van der Waals surface area contributed by atoms with Crippen LogP contribution >= 0.6 is 0 Å². The first kappa shape index (κ1) is 29.0. The zero-order valence-corrected chi connectivity index (χ0v) is 21.9. The summed E-state index contributed by atoms with van der Waals surface area (Å²) in [5.74, 6) is -3.29. The van der Waals surface area contributed by atoms with Gasteiger partial charge in [-0.1, -0.05) is 43.2 Å². The Morgan fingerprint density at radius 3 is 2.27 bits per heavy atom. The second-order valence-corrected chi connectivity index (χ2v) is 10.0. The van der Waals surface area contributed by atoms with Crippen LogP contribution in [0.4, 0.5) is 18.0 Å². The summed E-state index contributed by atoms with van der Waals surface area (Å²) in [5.41, 5.74) is 0.747. The smallest absolute Gasteiger partial charge is 0.410 e. The first-order valence-corrected chi connectivity index (χ1v) is 13.2. The molecule has 0 aromatic heterocycles. The van der Waals surface area contributed by atoms with E-state index in [-0.39, 0.29) is 30.9 Å². The molecular formula is C29H39F3N2O3. The maximum atomic E-state index is 14.4. The van der Waals surface area contributed by atoms with Gasteiger partial charge in [-0.2, -0.15) is 0 Å². The molecule has 0 radical (unpaired) electrons. The van der Waals surface area contributed by atoms with Crippen LogP contribution in [0.15, 0.2) is 42.5 Å². The second kappa shape index (κ2) is 15.0. The fourth-order valence-electron chi connectivity index (χ4n) is 4.67. The molecule has 1 aliphatic rings. The lowest BCUT2D eigenvalue weighted by atomic mass is 9.91. The van der Waals surface area contributed by atoms with E-state index in [1.165, 1.54) is 17.7 Å². The number of ether oxygens (including phenoxy) is 2. The molecule has 0 aliphatic heterocycles. The predicted octanol–water partition coefficient (Wildman–Crippen LogP) is 6.69. The standard InChI is InChI=1S/C29H39F3N2O3/c1-33(2)16-8-3-4-9-17-36-25-14-12-24(13-15-25)34(20-23-18-27(31)28(32)19-26(23)30)29(35)37-21-22-10-6-5-7-11-22/h5-7,10-11,18-19,24-25H,3-4,8-9,12-17,20-21H2,1-2H3. The van der Waals surface area contributed by atoms with Crippen molar-refractivity contribution in [3.05, 3.63) is 71.0 Å². The Morgan fingerprint density at radius 1 is 0.892 bits per heavy atom. The van der Waals surface area contributed by atoms with Crippen LogP contribution in [0.1, 0.15) is 62.5 Å². The Labute approximate surface area is 218 Å². The van der Waals surface area contributed by atoms with Crippen LogP contribution < -0.4 is 0 Å². The number of carbonyl (C=O) groups is 1. The summed E-state index contributed by atoms with van der Waals surface area (Å²) in [7, 11) is 4.16. The van der Waals surface area contributed by atoms with E-state index in [0.717, 1.165) is 50.5 Å². The summed E-state index contributed by atoms with van der Waals surface area (Å²) in [4.78, 5) is 16.7. The van der Waals surface area contributed by atoms with E-state index in [9.17, 15) is 18.0 Å². The van der Waals surface area contributed by atoms with Gasteiger partial charge in [-0.3, -0.25) is 0 Å². The van der Waals surface area contributed by atoms with Crippen molar-refractivity contribution in [2.45, 2.75) is 76.7 Å². The fourth-order valence-corrected chi connectivity index (χ4v) is 4.67. The SMILES string of the molecule is CN(C)CCCCCCOC1CCC(N(Cc2cc(F)c(F)cc2F)C(=O)OCc2ccccc2)CC1. The van der Waals surface area contributed by atoms with Gasteiger partial charge < -0.3 is 19.3 Å². The molecule has 1 amide bonds. The molecular weight excluding hydrogens is 481 g/mol. The minimum absolute atomic E-state index is 0.0729. The summed E-state index contributed by atoms with van der Waals surface area (Å²) in [5, 5.41) is 0. The topological polar surface area (TPSA) is 42.0 Å². The third kappa shape index (κ3) is 9.67. The lowest BCUT2D eigenvalue weighted by Gasteiger charge is -2.36. The van der Waals surface area contributed by atoms with Crippen molar-refractivity contribution in [2.24, 2.45) is 0 Å². The van der Waals surface area contributed by atoms with Gasteiger partial charge in [0, 0.05) is 24.3 Å². The Bertz CT molecular complexity index is 966. The van der Waals surface area contributed by atoms with Gasteiger partial charge in [0.25, 0.3) is 0 Å². The first-order valence-electron chi connectivity index (χ1n) is 13.2. The summed E-state index contributed by atoms with van der Waals surface area (Å²) >= 11 is 0. The van der Waals surface area contributed by atoms with Crippen LogP contribution in [0.2, 0.25) is 0 Å². The number of nitrogens with zero attached hydrogens (tertiary/aromatic N) is 2.